The number of alkyl halides is 1. The largest absolute Gasteiger partial charge is 0.377 e. The molecule has 1 aliphatic heterocycles. The van der Waals surface area contributed by atoms with Crippen molar-refractivity contribution in [2.24, 2.45) is 4.36 Å². The Morgan fingerprint density at radius 2 is 2.07 bits per heavy atom. The fourth-order valence-corrected chi connectivity index (χ4v) is 4.09. The number of halogens is 1. The molecule has 0 radical (unpaired) electrons. The fraction of sp³-hybridized carbons (Fsp3) is 0.400. The van der Waals surface area contributed by atoms with Crippen LogP contribution in [0.4, 0.5) is 16.0 Å². The third kappa shape index (κ3) is 4.11. The standard InChI is InChI=1S/C20H24FN5O2S/c1-14-13-28-9-8-25(14)19-11-18(24-29(2,3)27)22-20(23-19)26-16(12-21)10-15-6-4-5-7-17(15)26/h4-7,10-11,14H,8-9,12-13H2,1-3H3/t14-/m1/s1. The second-order valence-electron chi connectivity index (χ2n) is 7.44. The van der Waals surface area contributed by atoms with E-state index in [-0.39, 0.29) is 6.04 Å². The number of rotatable bonds is 4. The summed E-state index contributed by atoms with van der Waals surface area (Å²) in [7, 11) is -2.42. The first-order valence-electron chi connectivity index (χ1n) is 9.42. The highest BCUT2D eigenvalue weighted by atomic mass is 32.2. The third-order valence-corrected chi connectivity index (χ3v) is 5.41. The van der Waals surface area contributed by atoms with Gasteiger partial charge < -0.3 is 9.64 Å². The number of hydrogen-bond donors (Lipinski definition) is 0. The van der Waals surface area contributed by atoms with Gasteiger partial charge in [0.05, 0.1) is 30.5 Å². The molecule has 0 bridgehead atoms. The number of hydrogen-bond acceptors (Lipinski definition) is 6. The van der Waals surface area contributed by atoms with Gasteiger partial charge >= 0.3 is 0 Å². The van der Waals surface area contributed by atoms with Crippen LogP contribution in [0.25, 0.3) is 16.9 Å². The number of nitrogens with zero attached hydrogens (tertiary/aromatic N) is 5. The minimum absolute atomic E-state index is 0.119. The van der Waals surface area contributed by atoms with Gasteiger partial charge in [-0.3, -0.25) is 4.57 Å². The van der Waals surface area contributed by atoms with Crippen LogP contribution in [0.2, 0.25) is 0 Å². The molecule has 2 aromatic heterocycles. The van der Waals surface area contributed by atoms with Crippen LogP contribution in [0.15, 0.2) is 40.8 Å². The van der Waals surface area contributed by atoms with Crippen molar-refractivity contribution in [1.29, 1.82) is 0 Å². The molecule has 154 valence electrons. The number of ether oxygens (including phenoxy) is 1. The first-order valence-corrected chi connectivity index (χ1v) is 11.7. The molecule has 7 nitrogen and oxygen atoms in total. The predicted molar refractivity (Wildman–Crippen MR) is 113 cm³/mol. The summed E-state index contributed by atoms with van der Waals surface area (Å²) in [5.41, 5.74) is 1.27. The molecule has 4 rings (SSSR count). The van der Waals surface area contributed by atoms with Crippen molar-refractivity contribution >= 4 is 32.3 Å². The fourth-order valence-electron chi connectivity index (χ4n) is 3.54. The Morgan fingerprint density at radius 3 is 2.79 bits per heavy atom. The van der Waals surface area contributed by atoms with Crippen LogP contribution in [-0.4, -0.2) is 57.1 Å². The van der Waals surface area contributed by atoms with E-state index in [4.69, 9.17) is 9.72 Å². The zero-order valence-electron chi connectivity index (χ0n) is 16.7. The van der Waals surface area contributed by atoms with Gasteiger partial charge in [-0.05, 0) is 19.1 Å². The lowest BCUT2D eigenvalue weighted by Gasteiger charge is -2.34. The zero-order chi connectivity index (χ0) is 20.6. The molecule has 9 heteroatoms. The highest BCUT2D eigenvalue weighted by Gasteiger charge is 2.23. The van der Waals surface area contributed by atoms with Crippen molar-refractivity contribution in [3.63, 3.8) is 0 Å². The van der Waals surface area contributed by atoms with Gasteiger partial charge in [0.2, 0.25) is 5.95 Å². The highest BCUT2D eigenvalue weighted by molar-refractivity contribution is 7.92. The van der Waals surface area contributed by atoms with Crippen molar-refractivity contribution < 1.29 is 13.3 Å². The van der Waals surface area contributed by atoms with E-state index in [9.17, 15) is 8.60 Å². The molecule has 29 heavy (non-hydrogen) atoms. The summed E-state index contributed by atoms with van der Waals surface area (Å²) >= 11 is 0. The maximum absolute atomic E-state index is 13.8. The van der Waals surface area contributed by atoms with E-state index < -0.39 is 16.4 Å². The number of morpholine rings is 1. The van der Waals surface area contributed by atoms with Crippen molar-refractivity contribution in [3.05, 3.63) is 42.1 Å². The Hall–Kier alpha value is -2.52. The van der Waals surface area contributed by atoms with E-state index in [1.807, 2.05) is 24.3 Å². The zero-order valence-corrected chi connectivity index (χ0v) is 17.5. The Morgan fingerprint density at radius 1 is 1.28 bits per heavy atom. The van der Waals surface area contributed by atoms with Crippen molar-refractivity contribution in [3.8, 4) is 5.95 Å². The van der Waals surface area contributed by atoms with Gasteiger partial charge in [-0.2, -0.15) is 14.3 Å². The Kier molecular flexibility index (Phi) is 5.26. The van der Waals surface area contributed by atoms with Gasteiger partial charge in [0.1, 0.15) is 12.5 Å². The maximum Gasteiger partial charge on any atom is 0.238 e. The molecule has 0 aliphatic carbocycles. The van der Waals surface area contributed by atoms with E-state index >= 15 is 0 Å². The van der Waals surface area contributed by atoms with E-state index in [1.54, 1.807) is 29.2 Å². The number of aromatic nitrogens is 3. The summed E-state index contributed by atoms with van der Waals surface area (Å²) in [5, 5.41) is 0.905. The molecular weight excluding hydrogens is 393 g/mol. The minimum Gasteiger partial charge on any atom is -0.377 e. The highest BCUT2D eigenvalue weighted by Crippen LogP contribution is 2.28. The van der Waals surface area contributed by atoms with Crippen LogP contribution in [0.1, 0.15) is 12.6 Å². The third-order valence-electron chi connectivity index (χ3n) is 4.79. The van der Waals surface area contributed by atoms with Crippen molar-refractivity contribution in [1.82, 2.24) is 14.5 Å². The average Bonchev–Trinajstić information content (AvgIpc) is 3.05. The Labute approximate surface area is 169 Å². The second-order valence-corrected chi connectivity index (χ2v) is 9.98. The predicted octanol–water partition coefficient (Wildman–Crippen LogP) is 3.47. The number of para-hydroxylation sites is 1. The lowest BCUT2D eigenvalue weighted by Crippen LogP contribution is -2.44. The number of fused-ring (bicyclic) bond motifs is 1. The topological polar surface area (TPSA) is 72.6 Å². The SMILES string of the molecule is C[C@@H]1COCCN1c1cc(N=S(C)(C)=O)nc(-n2c(CF)cc3ccccc32)n1. The van der Waals surface area contributed by atoms with Gasteiger partial charge in [-0.15, -0.1) is 0 Å². The van der Waals surface area contributed by atoms with Crippen LogP contribution in [0.5, 0.6) is 0 Å². The maximum atomic E-state index is 13.8. The van der Waals surface area contributed by atoms with Crippen LogP contribution in [0.3, 0.4) is 0 Å². The smallest absolute Gasteiger partial charge is 0.238 e. The van der Waals surface area contributed by atoms with Crippen molar-refractivity contribution in [2.45, 2.75) is 19.6 Å². The van der Waals surface area contributed by atoms with Crippen LogP contribution < -0.4 is 4.90 Å². The molecule has 1 aliphatic rings. The molecule has 3 heterocycles. The molecule has 0 spiro atoms. The van der Waals surface area contributed by atoms with Crippen molar-refractivity contribution in [2.75, 3.05) is 37.2 Å². The molecule has 1 atom stereocenters. The minimum atomic E-state index is -2.42. The first-order chi connectivity index (χ1) is 13.9. The molecule has 3 aromatic rings. The second kappa shape index (κ2) is 7.72. The van der Waals surface area contributed by atoms with Crippen LogP contribution >= 0.6 is 0 Å². The Bertz CT molecular complexity index is 1160. The summed E-state index contributed by atoms with van der Waals surface area (Å²) < 4.78 is 37.7. The molecule has 0 saturated carbocycles. The van der Waals surface area contributed by atoms with E-state index in [2.05, 4.69) is 21.2 Å². The van der Waals surface area contributed by atoms with Gasteiger partial charge in [0.25, 0.3) is 0 Å². The summed E-state index contributed by atoms with van der Waals surface area (Å²) in [4.78, 5) is 11.4. The van der Waals surface area contributed by atoms with Gasteiger partial charge in [0, 0.05) is 40.2 Å². The van der Waals surface area contributed by atoms with E-state index in [0.717, 1.165) is 10.9 Å². The van der Waals surface area contributed by atoms with Crippen LogP contribution in [-0.2, 0) is 21.1 Å². The summed E-state index contributed by atoms with van der Waals surface area (Å²) in [6.45, 7) is 3.26. The normalized spacial score (nSPS) is 17.7. The quantitative estimate of drug-likeness (QED) is 0.650. The molecule has 1 fully saturated rings. The average molecular weight is 418 g/mol. The number of anilines is 1. The van der Waals surface area contributed by atoms with E-state index in [0.29, 0.717) is 43.0 Å². The first kappa shape index (κ1) is 19.8. The lowest BCUT2D eigenvalue weighted by atomic mass is 10.2. The molecule has 0 unspecified atom stereocenters. The van der Waals surface area contributed by atoms with E-state index in [1.165, 1.54) is 0 Å². The molecule has 1 aromatic carbocycles. The molecule has 0 amide bonds. The van der Waals surface area contributed by atoms with Gasteiger partial charge in [-0.1, -0.05) is 18.2 Å². The molecular formula is C20H24FN5O2S. The summed E-state index contributed by atoms with van der Waals surface area (Å²) in [6.07, 6.45) is 3.12. The molecule has 0 N–H and O–H groups in total. The number of benzene rings is 1. The molecule has 1 saturated heterocycles. The Balaban J connectivity index is 1.95. The van der Waals surface area contributed by atoms with Crippen LogP contribution in [0, 0.1) is 0 Å². The summed E-state index contributed by atoms with van der Waals surface area (Å²) in [6, 6.07) is 11.3. The van der Waals surface area contributed by atoms with Gasteiger partial charge in [-0.25, -0.2) is 8.60 Å². The lowest BCUT2D eigenvalue weighted by molar-refractivity contribution is 0.0985. The van der Waals surface area contributed by atoms with Gasteiger partial charge in [0.15, 0.2) is 5.82 Å². The summed E-state index contributed by atoms with van der Waals surface area (Å²) in [5.74, 6) is 1.30. The monoisotopic (exact) mass is 417 g/mol.